The third-order valence-electron chi connectivity index (χ3n) is 5.15. The number of rotatable bonds is 1. The van der Waals surface area contributed by atoms with Crippen LogP contribution in [0.4, 0.5) is 0 Å². The predicted octanol–water partition coefficient (Wildman–Crippen LogP) is 4.36. The molecule has 0 amide bonds. The van der Waals surface area contributed by atoms with E-state index in [2.05, 4.69) is 66.4 Å². The maximum atomic E-state index is 2.72. The number of fused-ring (bicyclic) bond motifs is 3. The molecule has 0 aromatic heterocycles. The summed E-state index contributed by atoms with van der Waals surface area (Å²) in [5.41, 5.74) is 4.57. The molecule has 0 spiro atoms. The Hall–Kier alpha value is -1.60. The summed E-state index contributed by atoms with van der Waals surface area (Å²) in [6.45, 7) is 3.66. The Kier molecular flexibility index (Phi) is 2.89. The molecule has 1 fully saturated rings. The summed E-state index contributed by atoms with van der Waals surface area (Å²) in [7, 11) is 0. The van der Waals surface area contributed by atoms with Gasteiger partial charge < -0.3 is 0 Å². The number of nitrogens with zero attached hydrogens (tertiary/aromatic N) is 1. The molecular formula is C19H21N. The van der Waals surface area contributed by atoms with Crippen LogP contribution in [0.15, 0.2) is 54.6 Å². The lowest BCUT2D eigenvalue weighted by Crippen LogP contribution is -2.42. The van der Waals surface area contributed by atoms with Gasteiger partial charge in [-0.3, -0.25) is 4.90 Å². The lowest BCUT2D eigenvalue weighted by molar-refractivity contribution is 0.160. The lowest BCUT2D eigenvalue weighted by Gasteiger charge is -2.43. The fourth-order valence-corrected chi connectivity index (χ4v) is 4.28. The molecule has 4 rings (SSSR count). The van der Waals surface area contributed by atoms with E-state index < -0.39 is 0 Å². The van der Waals surface area contributed by atoms with E-state index in [0.29, 0.717) is 18.0 Å². The van der Waals surface area contributed by atoms with Crippen molar-refractivity contribution in [3.63, 3.8) is 0 Å². The zero-order valence-electron chi connectivity index (χ0n) is 12.0. The third kappa shape index (κ3) is 1.73. The second kappa shape index (κ2) is 4.75. The molecule has 1 heteroatoms. The Morgan fingerprint density at radius 3 is 2.40 bits per heavy atom. The van der Waals surface area contributed by atoms with Crippen LogP contribution in [-0.2, 0) is 0 Å². The van der Waals surface area contributed by atoms with E-state index in [0.717, 1.165) is 0 Å². The highest BCUT2D eigenvalue weighted by Crippen LogP contribution is 2.47. The minimum absolute atomic E-state index is 0.516. The Balaban J connectivity index is 1.88. The van der Waals surface area contributed by atoms with Gasteiger partial charge in [0.1, 0.15) is 0 Å². The van der Waals surface area contributed by atoms with Crippen molar-refractivity contribution in [3.05, 3.63) is 71.3 Å². The van der Waals surface area contributed by atoms with E-state index >= 15 is 0 Å². The molecule has 1 nitrogen and oxygen atoms in total. The van der Waals surface area contributed by atoms with Crippen molar-refractivity contribution in [3.8, 4) is 0 Å². The molecule has 0 aliphatic carbocycles. The van der Waals surface area contributed by atoms with Crippen LogP contribution < -0.4 is 0 Å². The van der Waals surface area contributed by atoms with Crippen LogP contribution in [0.3, 0.4) is 0 Å². The molecule has 20 heavy (non-hydrogen) atoms. The molecule has 102 valence electrons. The van der Waals surface area contributed by atoms with Gasteiger partial charge in [0.05, 0.1) is 0 Å². The quantitative estimate of drug-likeness (QED) is 0.739. The van der Waals surface area contributed by atoms with Gasteiger partial charge >= 0.3 is 0 Å². The van der Waals surface area contributed by atoms with Crippen molar-refractivity contribution in [2.24, 2.45) is 0 Å². The summed E-state index contributed by atoms with van der Waals surface area (Å²) in [4.78, 5) is 2.72. The molecule has 0 saturated carbocycles. The first kappa shape index (κ1) is 12.2. The Morgan fingerprint density at radius 2 is 1.60 bits per heavy atom. The highest BCUT2D eigenvalue weighted by Gasteiger charge is 2.40. The monoisotopic (exact) mass is 263 g/mol. The molecule has 2 aliphatic heterocycles. The van der Waals surface area contributed by atoms with Gasteiger partial charge in [-0.25, -0.2) is 0 Å². The third-order valence-corrected chi connectivity index (χ3v) is 5.15. The maximum Gasteiger partial charge on any atom is 0.0354 e. The van der Waals surface area contributed by atoms with Gasteiger partial charge in [0.25, 0.3) is 0 Å². The van der Waals surface area contributed by atoms with Crippen molar-refractivity contribution >= 4 is 0 Å². The molecule has 0 radical (unpaired) electrons. The smallest absolute Gasteiger partial charge is 0.0354 e. The minimum Gasteiger partial charge on any atom is -0.293 e. The molecule has 2 aromatic carbocycles. The topological polar surface area (TPSA) is 3.24 Å². The number of benzene rings is 2. The van der Waals surface area contributed by atoms with Crippen LogP contribution in [0, 0.1) is 0 Å². The second-order valence-electron chi connectivity index (χ2n) is 6.15. The van der Waals surface area contributed by atoms with Gasteiger partial charge in [-0.15, -0.1) is 0 Å². The van der Waals surface area contributed by atoms with Gasteiger partial charge in [-0.2, -0.15) is 0 Å². The number of hydrogen-bond donors (Lipinski definition) is 0. The molecule has 0 N–H and O–H groups in total. The molecule has 0 unspecified atom stereocenters. The van der Waals surface area contributed by atoms with Crippen molar-refractivity contribution in [2.45, 2.75) is 37.8 Å². The summed E-state index contributed by atoms with van der Waals surface area (Å²) in [6, 6.07) is 21.4. The van der Waals surface area contributed by atoms with Crippen LogP contribution >= 0.6 is 0 Å². The van der Waals surface area contributed by atoms with Gasteiger partial charge in [0, 0.05) is 18.0 Å². The minimum atomic E-state index is 0.516. The summed E-state index contributed by atoms with van der Waals surface area (Å²) >= 11 is 0. The first-order valence-electron chi connectivity index (χ1n) is 7.76. The van der Waals surface area contributed by atoms with E-state index in [1.807, 2.05) is 0 Å². The van der Waals surface area contributed by atoms with Crippen molar-refractivity contribution in [1.82, 2.24) is 4.90 Å². The van der Waals surface area contributed by atoms with Gasteiger partial charge in [-0.1, -0.05) is 54.6 Å². The number of hydrogen-bond acceptors (Lipinski definition) is 1. The van der Waals surface area contributed by atoms with Crippen molar-refractivity contribution in [2.75, 3.05) is 6.54 Å². The van der Waals surface area contributed by atoms with Crippen LogP contribution in [0.1, 0.15) is 48.4 Å². The van der Waals surface area contributed by atoms with Crippen LogP contribution in [-0.4, -0.2) is 17.5 Å². The Morgan fingerprint density at radius 1 is 0.900 bits per heavy atom. The first-order chi connectivity index (χ1) is 9.86. The molecule has 2 aromatic rings. The summed E-state index contributed by atoms with van der Waals surface area (Å²) in [5, 5.41) is 0. The van der Waals surface area contributed by atoms with Crippen molar-refractivity contribution < 1.29 is 0 Å². The maximum absolute atomic E-state index is 2.72. The molecule has 1 saturated heterocycles. The van der Waals surface area contributed by atoms with Crippen LogP contribution in [0.2, 0.25) is 0 Å². The van der Waals surface area contributed by atoms with Crippen LogP contribution in [0.25, 0.3) is 0 Å². The molecule has 2 heterocycles. The molecule has 3 atom stereocenters. The van der Waals surface area contributed by atoms with E-state index in [9.17, 15) is 0 Å². The summed E-state index contributed by atoms with van der Waals surface area (Å²) < 4.78 is 0. The fourth-order valence-electron chi connectivity index (χ4n) is 4.28. The SMILES string of the molecule is C[C@@H]1[C@@H](c2ccccc2)c2ccccc2[C@@H]2CCCN12. The van der Waals surface area contributed by atoms with E-state index in [1.165, 1.54) is 24.9 Å². The standard InChI is InChI=1S/C19H21N/c1-14-19(15-8-3-2-4-9-15)17-11-6-5-10-16(17)18-12-7-13-20(14)18/h2-6,8-11,14,18-19H,7,12-13H2,1H3/t14-,18+,19+/m1/s1. The van der Waals surface area contributed by atoms with Gasteiger partial charge in [-0.05, 0) is 43.0 Å². The lowest BCUT2D eigenvalue weighted by atomic mass is 9.77. The Bertz CT molecular complexity index is 604. The van der Waals surface area contributed by atoms with Crippen molar-refractivity contribution in [1.29, 1.82) is 0 Å². The largest absolute Gasteiger partial charge is 0.293 e. The zero-order chi connectivity index (χ0) is 13.5. The summed E-state index contributed by atoms with van der Waals surface area (Å²) in [5.74, 6) is 0.516. The van der Waals surface area contributed by atoms with E-state index in [1.54, 1.807) is 11.1 Å². The average molecular weight is 263 g/mol. The molecule has 2 aliphatic rings. The average Bonchev–Trinajstić information content (AvgIpc) is 2.99. The van der Waals surface area contributed by atoms with E-state index in [-0.39, 0.29) is 0 Å². The second-order valence-corrected chi connectivity index (χ2v) is 6.15. The zero-order valence-corrected chi connectivity index (χ0v) is 12.0. The van der Waals surface area contributed by atoms with Gasteiger partial charge in [0.15, 0.2) is 0 Å². The highest BCUT2D eigenvalue weighted by molar-refractivity contribution is 5.43. The first-order valence-corrected chi connectivity index (χ1v) is 7.76. The predicted molar refractivity (Wildman–Crippen MR) is 82.9 cm³/mol. The fraction of sp³-hybridized carbons (Fsp3) is 0.368. The normalized spacial score (nSPS) is 28.9. The van der Waals surface area contributed by atoms with Crippen LogP contribution in [0.5, 0.6) is 0 Å². The Labute approximate surface area is 121 Å². The van der Waals surface area contributed by atoms with E-state index in [4.69, 9.17) is 0 Å². The molecule has 0 bridgehead atoms. The molecular weight excluding hydrogens is 242 g/mol. The summed E-state index contributed by atoms with van der Waals surface area (Å²) in [6.07, 6.45) is 2.66. The van der Waals surface area contributed by atoms with Gasteiger partial charge in [0.2, 0.25) is 0 Å². The highest BCUT2D eigenvalue weighted by atomic mass is 15.2.